The molecule has 5 nitrogen and oxygen atoms in total. The molecule has 0 aromatic carbocycles. The highest BCUT2D eigenvalue weighted by molar-refractivity contribution is 9.10. The number of nitrogen functional groups attached to an aromatic ring is 1. The van der Waals surface area contributed by atoms with Crippen LogP contribution >= 0.6 is 15.9 Å². The summed E-state index contributed by atoms with van der Waals surface area (Å²) in [4.78, 5) is 15.8. The largest absolute Gasteiger partial charge is 0.465 e. The zero-order chi connectivity index (χ0) is 10.9. The topological polar surface area (TPSA) is 79.5 Å². The third-order valence-electron chi connectivity index (χ3n) is 1.82. The van der Waals surface area contributed by atoms with Crippen LogP contribution < -0.4 is 10.6 Å². The van der Waals surface area contributed by atoms with E-state index in [9.17, 15) is 4.79 Å². The van der Waals surface area contributed by atoms with Gasteiger partial charge in [0.15, 0.2) is 0 Å². The Labute approximate surface area is 89.7 Å². The van der Waals surface area contributed by atoms with Crippen molar-refractivity contribution in [3.63, 3.8) is 0 Å². The van der Waals surface area contributed by atoms with Gasteiger partial charge in [-0.15, -0.1) is 0 Å². The molecular formula is C8H10BrN3O2. The molecule has 0 saturated carbocycles. The van der Waals surface area contributed by atoms with E-state index in [-0.39, 0.29) is 0 Å². The second-order valence-electron chi connectivity index (χ2n) is 2.80. The molecule has 0 atom stereocenters. The molecule has 1 amide bonds. The Bertz CT molecular complexity index is 381. The van der Waals surface area contributed by atoms with Crippen molar-refractivity contribution in [2.24, 2.45) is 0 Å². The molecule has 6 heteroatoms. The average molecular weight is 260 g/mol. The van der Waals surface area contributed by atoms with Crippen LogP contribution in [0.5, 0.6) is 0 Å². The minimum atomic E-state index is -1.04. The minimum absolute atomic E-state index is 0.352. The lowest BCUT2D eigenvalue weighted by molar-refractivity contribution is 0.203. The van der Waals surface area contributed by atoms with Crippen molar-refractivity contribution in [3.05, 3.63) is 16.2 Å². The quantitative estimate of drug-likeness (QED) is 0.807. The van der Waals surface area contributed by atoms with Crippen LogP contribution in [0.15, 0.2) is 10.5 Å². The fraction of sp³-hybridized carbons (Fsp3) is 0.250. The van der Waals surface area contributed by atoms with Gasteiger partial charge < -0.3 is 10.8 Å². The van der Waals surface area contributed by atoms with Crippen LogP contribution in [0.25, 0.3) is 0 Å². The van der Waals surface area contributed by atoms with Gasteiger partial charge in [-0.3, -0.25) is 4.90 Å². The molecule has 0 aliphatic heterocycles. The van der Waals surface area contributed by atoms with E-state index < -0.39 is 6.09 Å². The molecule has 3 N–H and O–H groups in total. The fourth-order valence-corrected chi connectivity index (χ4v) is 1.34. The lowest BCUT2D eigenvalue weighted by atomic mass is 10.3. The summed E-state index contributed by atoms with van der Waals surface area (Å²) in [6, 6.07) is 1.63. The maximum Gasteiger partial charge on any atom is 0.411 e. The highest BCUT2D eigenvalue weighted by Crippen LogP contribution is 2.26. The number of amides is 1. The number of nitrogens with two attached hydrogens (primary N) is 1. The number of pyridine rings is 1. The molecule has 0 unspecified atom stereocenters. The lowest BCUT2D eigenvalue weighted by Crippen LogP contribution is -2.25. The third-order valence-corrected chi connectivity index (χ3v) is 2.45. The molecule has 1 aromatic rings. The Morgan fingerprint density at radius 3 is 2.79 bits per heavy atom. The first-order chi connectivity index (χ1) is 6.43. The molecular weight excluding hydrogens is 250 g/mol. The Morgan fingerprint density at radius 1 is 1.71 bits per heavy atom. The van der Waals surface area contributed by atoms with Crippen LogP contribution in [-0.4, -0.2) is 23.2 Å². The number of hydrogen-bond acceptors (Lipinski definition) is 3. The maximum absolute atomic E-state index is 10.7. The zero-order valence-corrected chi connectivity index (χ0v) is 9.37. The summed E-state index contributed by atoms with van der Waals surface area (Å²) in [7, 11) is 1.45. The molecule has 0 aliphatic rings. The van der Waals surface area contributed by atoms with Gasteiger partial charge >= 0.3 is 6.09 Å². The summed E-state index contributed by atoms with van der Waals surface area (Å²) in [6.45, 7) is 1.71. The number of carbonyl (C=O) groups is 1. The summed E-state index contributed by atoms with van der Waals surface area (Å²) in [6.07, 6.45) is -1.04. The second-order valence-corrected chi connectivity index (χ2v) is 3.66. The molecule has 1 heterocycles. The van der Waals surface area contributed by atoms with Gasteiger partial charge in [-0.25, -0.2) is 9.78 Å². The van der Waals surface area contributed by atoms with E-state index >= 15 is 0 Å². The molecule has 1 aromatic heterocycles. The first-order valence-electron chi connectivity index (χ1n) is 3.82. The van der Waals surface area contributed by atoms with Crippen molar-refractivity contribution in [1.29, 1.82) is 0 Å². The number of hydrogen-bond donors (Lipinski definition) is 2. The minimum Gasteiger partial charge on any atom is -0.465 e. The highest BCUT2D eigenvalue weighted by atomic mass is 79.9. The summed E-state index contributed by atoms with van der Waals surface area (Å²) in [5.74, 6) is 0.352. The fourth-order valence-electron chi connectivity index (χ4n) is 1.03. The molecule has 0 radical (unpaired) electrons. The number of nitrogens with zero attached hydrogens (tertiary/aromatic N) is 2. The number of aryl methyl sites for hydroxylation is 1. The van der Waals surface area contributed by atoms with Gasteiger partial charge in [0.05, 0.1) is 15.9 Å². The van der Waals surface area contributed by atoms with Gasteiger partial charge in [0.1, 0.15) is 5.82 Å². The molecule has 0 spiro atoms. The van der Waals surface area contributed by atoms with Gasteiger partial charge in [-0.2, -0.15) is 0 Å². The normalized spacial score (nSPS) is 9.93. The van der Waals surface area contributed by atoms with Gasteiger partial charge in [0.25, 0.3) is 0 Å². The second kappa shape index (κ2) is 3.83. The SMILES string of the molecule is Cc1nc(N)c(Br)cc1N(C)C(=O)O. The van der Waals surface area contributed by atoms with E-state index in [4.69, 9.17) is 10.8 Å². The van der Waals surface area contributed by atoms with E-state index in [1.54, 1.807) is 13.0 Å². The van der Waals surface area contributed by atoms with Gasteiger partial charge in [0.2, 0.25) is 0 Å². The molecule has 14 heavy (non-hydrogen) atoms. The molecule has 0 saturated heterocycles. The van der Waals surface area contributed by atoms with Gasteiger partial charge in [-0.1, -0.05) is 0 Å². The van der Waals surface area contributed by atoms with Crippen LogP contribution in [0.3, 0.4) is 0 Å². The third kappa shape index (κ3) is 1.95. The summed E-state index contributed by atoms with van der Waals surface area (Å²) >= 11 is 3.19. The van der Waals surface area contributed by atoms with Crippen LogP contribution in [-0.2, 0) is 0 Å². The summed E-state index contributed by atoms with van der Waals surface area (Å²) < 4.78 is 0.589. The maximum atomic E-state index is 10.7. The monoisotopic (exact) mass is 259 g/mol. The number of halogens is 1. The van der Waals surface area contributed by atoms with Crippen molar-refractivity contribution in [1.82, 2.24) is 4.98 Å². The Hall–Kier alpha value is -1.30. The van der Waals surface area contributed by atoms with E-state index in [2.05, 4.69) is 20.9 Å². The summed E-state index contributed by atoms with van der Waals surface area (Å²) in [5.41, 5.74) is 6.63. The van der Waals surface area contributed by atoms with Crippen LogP contribution in [0, 0.1) is 6.92 Å². The lowest BCUT2D eigenvalue weighted by Gasteiger charge is -2.15. The van der Waals surface area contributed by atoms with Gasteiger partial charge in [-0.05, 0) is 28.9 Å². The number of carboxylic acid groups (broad SMARTS) is 1. The van der Waals surface area contributed by atoms with E-state index in [0.29, 0.717) is 21.7 Å². The predicted octanol–water partition coefficient (Wildman–Crippen LogP) is 1.85. The van der Waals surface area contributed by atoms with Crippen LogP contribution in [0.1, 0.15) is 5.69 Å². The Kier molecular flexibility index (Phi) is 2.95. The molecule has 0 aliphatic carbocycles. The smallest absolute Gasteiger partial charge is 0.411 e. The average Bonchev–Trinajstić information content (AvgIpc) is 2.10. The van der Waals surface area contributed by atoms with Crippen LogP contribution in [0.4, 0.5) is 16.3 Å². The highest BCUT2D eigenvalue weighted by Gasteiger charge is 2.13. The molecule has 1 rings (SSSR count). The number of rotatable bonds is 1. The Balaban J connectivity index is 3.22. The van der Waals surface area contributed by atoms with E-state index in [1.807, 2.05) is 0 Å². The van der Waals surface area contributed by atoms with Crippen molar-refractivity contribution in [3.8, 4) is 0 Å². The Morgan fingerprint density at radius 2 is 2.29 bits per heavy atom. The van der Waals surface area contributed by atoms with Crippen molar-refractivity contribution in [2.75, 3.05) is 17.7 Å². The first kappa shape index (κ1) is 10.8. The zero-order valence-electron chi connectivity index (χ0n) is 7.78. The first-order valence-corrected chi connectivity index (χ1v) is 4.62. The van der Waals surface area contributed by atoms with Crippen molar-refractivity contribution < 1.29 is 9.90 Å². The number of aromatic nitrogens is 1. The molecule has 0 bridgehead atoms. The summed E-state index contributed by atoms with van der Waals surface area (Å²) in [5, 5.41) is 8.77. The van der Waals surface area contributed by atoms with E-state index in [0.717, 1.165) is 4.90 Å². The van der Waals surface area contributed by atoms with Crippen molar-refractivity contribution >= 4 is 33.5 Å². The van der Waals surface area contributed by atoms with Crippen molar-refractivity contribution in [2.45, 2.75) is 6.92 Å². The predicted molar refractivity (Wildman–Crippen MR) is 57.5 cm³/mol. The number of anilines is 2. The molecule has 76 valence electrons. The standard InChI is InChI=1S/C8H10BrN3O2/c1-4-6(12(2)8(13)14)3-5(9)7(10)11-4/h3H,1-2H3,(H2,10,11)(H,13,14). The van der Waals surface area contributed by atoms with E-state index in [1.165, 1.54) is 7.05 Å². The molecule has 0 fully saturated rings. The van der Waals surface area contributed by atoms with Crippen LogP contribution in [0.2, 0.25) is 0 Å². The van der Waals surface area contributed by atoms with Gasteiger partial charge in [0, 0.05) is 7.05 Å².